The van der Waals surface area contributed by atoms with Gasteiger partial charge in [0.15, 0.2) is 0 Å². The zero-order valence-corrected chi connectivity index (χ0v) is 8.02. The Balaban J connectivity index is 3.37. The van der Waals surface area contributed by atoms with Crippen molar-refractivity contribution in [2.45, 2.75) is 39.7 Å². The molecule has 0 aliphatic rings. The molecule has 0 fully saturated rings. The first-order valence-electron chi connectivity index (χ1n) is 3.88. The van der Waals surface area contributed by atoms with Crippen molar-refractivity contribution in [1.29, 1.82) is 0 Å². The highest BCUT2D eigenvalue weighted by molar-refractivity contribution is 6.61. The average molecular weight is 179 g/mol. The number of rotatable bonds is 4. The molecule has 0 aromatic carbocycles. The number of ether oxygens (including phenoxy) is 1. The molecule has 0 saturated carbocycles. The molecule has 1 atom stereocenters. The molecule has 0 aromatic heterocycles. The molecule has 0 aliphatic carbocycles. The molecule has 3 heteroatoms. The lowest BCUT2D eigenvalue weighted by atomic mass is 10.1. The van der Waals surface area contributed by atoms with E-state index in [1.807, 2.05) is 6.92 Å². The van der Waals surface area contributed by atoms with Crippen molar-refractivity contribution in [1.82, 2.24) is 0 Å². The fraction of sp³-hybridized carbons (Fsp3) is 0.875. The number of carbonyl (C=O) groups excluding carboxylic acids is 1. The van der Waals surface area contributed by atoms with Crippen molar-refractivity contribution < 1.29 is 9.53 Å². The van der Waals surface area contributed by atoms with Gasteiger partial charge in [-0.3, -0.25) is 0 Å². The van der Waals surface area contributed by atoms with Gasteiger partial charge in [0.05, 0.1) is 0 Å². The standard InChI is InChI=1S/C8H15ClO2/c1-6(2)4-5-7(3)11-8(9)10/h6-7H,4-5H2,1-3H3. The van der Waals surface area contributed by atoms with Gasteiger partial charge >= 0.3 is 5.43 Å². The maximum absolute atomic E-state index is 10.2. The predicted octanol–water partition coefficient (Wildman–Crippen LogP) is 3.19. The minimum Gasteiger partial charge on any atom is -0.451 e. The molecule has 0 saturated heterocycles. The second-order valence-electron chi connectivity index (χ2n) is 3.14. The second kappa shape index (κ2) is 5.42. The van der Waals surface area contributed by atoms with Crippen LogP contribution in [0.25, 0.3) is 0 Å². The lowest BCUT2D eigenvalue weighted by Gasteiger charge is -2.11. The quantitative estimate of drug-likeness (QED) is 0.618. The van der Waals surface area contributed by atoms with Gasteiger partial charge in [-0.2, -0.15) is 0 Å². The van der Waals surface area contributed by atoms with E-state index in [0.29, 0.717) is 5.92 Å². The van der Waals surface area contributed by atoms with E-state index >= 15 is 0 Å². The zero-order valence-electron chi connectivity index (χ0n) is 7.26. The molecule has 1 unspecified atom stereocenters. The summed E-state index contributed by atoms with van der Waals surface area (Å²) < 4.78 is 4.73. The Hall–Kier alpha value is -0.240. The summed E-state index contributed by atoms with van der Waals surface area (Å²) in [6.07, 6.45) is 1.89. The van der Waals surface area contributed by atoms with Gasteiger partial charge in [0.25, 0.3) is 0 Å². The van der Waals surface area contributed by atoms with E-state index in [-0.39, 0.29) is 6.10 Å². The Kier molecular flexibility index (Phi) is 5.30. The van der Waals surface area contributed by atoms with Gasteiger partial charge in [-0.15, -0.1) is 0 Å². The molecule has 2 nitrogen and oxygen atoms in total. The highest BCUT2D eigenvalue weighted by Gasteiger charge is 2.06. The molecule has 0 aromatic rings. The summed E-state index contributed by atoms with van der Waals surface area (Å²) in [5.74, 6) is 0.645. The van der Waals surface area contributed by atoms with Crippen LogP contribution in [-0.2, 0) is 4.74 Å². The van der Waals surface area contributed by atoms with Crippen molar-refractivity contribution in [3.8, 4) is 0 Å². The van der Waals surface area contributed by atoms with E-state index in [4.69, 9.17) is 16.3 Å². The van der Waals surface area contributed by atoms with Crippen molar-refractivity contribution >= 4 is 17.0 Å². The fourth-order valence-electron chi connectivity index (χ4n) is 0.785. The zero-order chi connectivity index (χ0) is 8.85. The van der Waals surface area contributed by atoms with Crippen LogP contribution in [-0.4, -0.2) is 11.5 Å². The van der Waals surface area contributed by atoms with Crippen LogP contribution in [0.5, 0.6) is 0 Å². The van der Waals surface area contributed by atoms with Crippen LogP contribution in [0.4, 0.5) is 4.79 Å². The lowest BCUT2D eigenvalue weighted by Crippen LogP contribution is -2.10. The Morgan fingerprint density at radius 1 is 1.36 bits per heavy atom. The summed E-state index contributed by atoms with van der Waals surface area (Å²) in [5.41, 5.74) is -0.707. The van der Waals surface area contributed by atoms with Crippen molar-refractivity contribution in [2.75, 3.05) is 0 Å². The monoisotopic (exact) mass is 178 g/mol. The van der Waals surface area contributed by atoms with E-state index in [2.05, 4.69) is 13.8 Å². The predicted molar refractivity (Wildman–Crippen MR) is 45.9 cm³/mol. The molecule has 11 heavy (non-hydrogen) atoms. The van der Waals surface area contributed by atoms with Gasteiger partial charge < -0.3 is 4.74 Å². The van der Waals surface area contributed by atoms with Gasteiger partial charge in [0.1, 0.15) is 6.10 Å². The maximum Gasteiger partial charge on any atom is 0.404 e. The van der Waals surface area contributed by atoms with Crippen LogP contribution < -0.4 is 0 Å². The lowest BCUT2D eigenvalue weighted by molar-refractivity contribution is 0.122. The van der Waals surface area contributed by atoms with E-state index in [1.165, 1.54) is 0 Å². The topological polar surface area (TPSA) is 26.3 Å². The molecule has 0 rings (SSSR count). The third-order valence-corrected chi connectivity index (χ3v) is 1.53. The normalized spacial score (nSPS) is 13.2. The number of halogens is 1. The van der Waals surface area contributed by atoms with Crippen molar-refractivity contribution in [3.05, 3.63) is 0 Å². The summed E-state index contributed by atoms with van der Waals surface area (Å²) in [6, 6.07) is 0. The van der Waals surface area contributed by atoms with Crippen LogP contribution in [0.3, 0.4) is 0 Å². The summed E-state index contributed by atoms with van der Waals surface area (Å²) in [7, 11) is 0. The summed E-state index contributed by atoms with van der Waals surface area (Å²) in [4.78, 5) is 10.2. The second-order valence-corrected chi connectivity index (χ2v) is 3.45. The number of carbonyl (C=O) groups is 1. The summed E-state index contributed by atoms with van der Waals surface area (Å²) in [5, 5.41) is 0. The van der Waals surface area contributed by atoms with Gasteiger partial charge in [-0.05, 0) is 25.7 Å². The van der Waals surface area contributed by atoms with E-state index in [9.17, 15) is 4.79 Å². The van der Waals surface area contributed by atoms with Crippen LogP contribution in [0.1, 0.15) is 33.6 Å². The summed E-state index contributed by atoms with van der Waals surface area (Å²) >= 11 is 5.03. The van der Waals surface area contributed by atoms with Crippen LogP contribution in [0.15, 0.2) is 0 Å². The van der Waals surface area contributed by atoms with Gasteiger partial charge in [-0.25, -0.2) is 4.79 Å². The first-order valence-corrected chi connectivity index (χ1v) is 4.26. The molecule has 0 aliphatic heterocycles. The third kappa shape index (κ3) is 7.66. The Morgan fingerprint density at radius 3 is 2.27 bits per heavy atom. The number of hydrogen-bond donors (Lipinski definition) is 0. The van der Waals surface area contributed by atoms with Crippen LogP contribution >= 0.6 is 11.6 Å². The minimum absolute atomic E-state index is 0.0533. The Labute approximate surface area is 72.9 Å². The molecule has 0 radical (unpaired) electrons. The van der Waals surface area contributed by atoms with Gasteiger partial charge in [0, 0.05) is 11.6 Å². The maximum atomic E-state index is 10.2. The SMILES string of the molecule is CC(C)CCC(C)OC(=O)Cl. The number of hydrogen-bond acceptors (Lipinski definition) is 2. The van der Waals surface area contributed by atoms with Crippen molar-refractivity contribution in [3.63, 3.8) is 0 Å². The first-order chi connectivity index (χ1) is 5.02. The van der Waals surface area contributed by atoms with E-state index in [1.54, 1.807) is 0 Å². The van der Waals surface area contributed by atoms with Crippen molar-refractivity contribution in [2.24, 2.45) is 5.92 Å². The average Bonchev–Trinajstić information content (AvgIpc) is 1.82. The largest absolute Gasteiger partial charge is 0.451 e. The highest BCUT2D eigenvalue weighted by Crippen LogP contribution is 2.09. The molecular formula is C8H15ClO2. The molecule has 0 heterocycles. The van der Waals surface area contributed by atoms with E-state index < -0.39 is 5.43 Å². The third-order valence-electron chi connectivity index (χ3n) is 1.44. The molecule has 0 amide bonds. The molecule has 0 spiro atoms. The minimum atomic E-state index is -0.707. The fourth-order valence-corrected chi connectivity index (χ4v) is 0.937. The molecule has 66 valence electrons. The summed E-state index contributed by atoms with van der Waals surface area (Å²) in [6.45, 7) is 6.12. The van der Waals surface area contributed by atoms with Gasteiger partial charge in [0.2, 0.25) is 0 Å². The highest BCUT2D eigenvalue weighted by atomic mass is 35.5. The molecular weight excluding hydrogens is 164 g/mol. The molecule has 0 N–H and O–H groups in total. The Morgan fingerprint density at radius 2 is 1.91 bits per heavy atom. The smallest absolute Gasteiger partial charge is 0.404 e. The Bertz CT molecular complexity index is 123. The first kappa shape index (κ1) is 10.8. The molecule has 0 bridgehead atoms. The van der Waals surface area contributed by atoms with Gasteiger partial charge in [-0.1, -0.05) is 13.8 Å². The van der Waals surface area contributed by atoms with Crippen LogP contribution in [0.2, 0.25) is 0 Å². The van der Waals surface area contributed by atoms with Crippen LogP contribution in [0, 0.1) is 5.92 Å². The van der Waals surface area contributed by atoms with E-state index in [0.717, 1.165) is 12.8 Å².